The maximum Gasteiger partial charge on any atom is 0.409 e. The van der Waals surface area contributed by atoms with Crippen molar-refractivity contribution in [2.45, 2.75) is 219 Å². The van der Waals surface area contributed by atoms with Crippen LogP contribution in [-0.4, -0.2) is 331 Å². The lowest BCUT2D eigenvalue weighted by molar-refractivity contribution is -0.265. The number of cyclic esters (lactones) is 1. The summed E-state index contributed by atoms with van der Waals surface area (Å²) < 4.78 is 95.5. The molecule has 1 aliphatic carbocycles. The molecule has 4 amide bonds. The minimum atomic E-state index is -2.46. The molecule has 16 atom stereocenters. The number of aliphatic hydroxyl groups is 2. The molecule has 135 heavy (non-hydrogen) atoms. The van der Waals surface area contributed by atoms with E-state index in [0.717, 1.165) is 28.7 Å². The van der Waals surface area contributed by atoms with Gasteiger partial charge in [0, 0.05) is 111 Å². The van der Waals surface area contributed by atoms with Gasteiger partial charge >= 0.3 is 12.1 Å². The van der Waals surface area contributed by atoms with Gasteiger partial charge in [-0.3, -0.25) is 24.0 Å². The second kappa shape index (κ2) is 54.9. The van der Waals surface area contributed by atoms with Gasteiger partial charge in [0.15, 0.2) is 17.0 Å². The van der Waals surface area contributed by atoms with E-state index in [2.05, 4.69) is 33.2 Å². The lowest BCUT2D eigenvalue weighted by Gasteiger charge is -2.43. The second-order valence-corrected chi connectivity index (χ2v) is 36.4. The number of oxazole rings is 1. The van der Waals surface area contributed by atoms with Crippen LogP contribution in [0.4, 0.5) is 16.6 Å². The summed E-state index contributed by atoms with van der Waals surface area (Å²) in [5.41, 5.74) is 20.1. The Hall–Kier alpha value is -9.09. The van der Waals surface area contributed by atoms with E-state index in [1.54, 1.807) is 60.2 Å². The van der Waals surface area contributed by atoms with E-state index in [9.17, 15) is 43.8 Å². The van der Waals surface area contributed by atoms with Gasteiger partial charge in [0.05, 0.1) is 155 Å². The zero-order chi connectivity index (χ0) is 97.1. The maximum atomic E-state index is 15.0. The number of aliphatic hydroxyl groups excluding tert-OH is 1. The van der Waals surface area contributed by atoms with Crippen molar-refractivity contribution in [3.8, 4) is 11.3 Å². The molecule has 5 aromatic rings. The number of esters is 1. The van der Waals surface area contributed by atoms with Crippen LogP contribution in [0.15, 0.2) is 94.7 Å². The number of anilines is 2. The van der Waals surface area contributed by atoms with Crippen LogP contribution in [0.1, 0.15) is 155 Å². The normalized spacial score (nSPS) is 26.6. The maximum absolute atomic E-state index is 15.0. The predicted octanol–water partition coefficient (Wildman–Crippen LogP) is 9.82. The molecule has 3 fully saturated rings. The summed E-state index contributed by atoms with van der Waals surface area (Å²) >= 11 is 0. The van der Waals surface area contributed by atoms with Gasteiger partial charge in [0.2, 0.25) is 17.6 Å². The Labute approximate surface area is 793 Å². The van der Waals surface area contributed by atoms with E-state index in [0.29, 0.717) is 222 Å². The van der Waals surface area contributed by atoms with Gasteiger partial charge in [0.25, 0.3) is 17.7 Å². The van der Waals surface area contributed by atoms with Crippen molar-refractivity contribution in [3.05, 3.63) is 107 Å². The van der Waals surface area contributed by atoms with Crippen molar-refractivity contribution in [1.29, 1.82) is 0 Å². The molecule has 36 heteroatoms. The smallest absolute Gasteiger partial charge is 0.409 e. The summed E-state index contributed by atoms with van der Waals surface area (Å²) in [4.78, 5) is 117. The Bertz CT molecular complexity index is 4730. The lowest BCUT2D eigenvalue weighted by atomic mass is 9.78. The van der Waals surface area contributed by atoms with Crippen LogP contribution in [0.25, 0.3) is 33.4 Å². The number of rotatable bonds is 41. The number of amides is 4. The number of fused-ring (bicyclic) bond motifs is 6. The molecule has 748 valence electrons. The summed E-state index contributed by atoms with van der Waals surface area (Å²) in [6, 6.07) is 10.8. The Balaban J connectivity index is 0.551. The third-order valence-corrected chi connectivity index (χ3v) is 26.4. The van der Waals surface area contributed by atoms with Crippen molar-refractivity contribution in [2.75, 3.05) is 186 Å². The number of aromatic nitrogens is 5. The predicted molar refractivity (Wildman–Crippen MR) is 503 cm³/mol. The number of carbonyl (C=O) groups is 7. The van der Waals surface area contributed by atoms with Gasteiger partial charge in [-0.25, -0.2) is 24.2 Å². The number of methoxy groups -OCH3 is 4. The number of piperidine rings is 1. The quantitative estimate of drug-likeness (QED) is 0.0122. The Morgan fingerprint density at radius 2 is 1.33 bits per heavy atom. The first-order valence-corrected chi connectivity index (χ1v) is 47.8. The highest BCUT2D eigenvalue weighted by molar-refractivity contribution is 6.39. The molecule has 10 rings (SSSR count). The highest BCUT2D eigenvalue weighted by Gasteiger charge is 2.53. The van der Waals surface area contributed by atoms with Gasteiger partial charge in [-0.05, 0) is 148 Å². The van der Waals surface area contributed by atoms with Crippen molar-refractivity contribution >= 4 is 75.3 Å². The number of hydrogen-bond acceptors (Lipinski definition) is 31. The molecule has 6 N–H and O–H groups in total. The Morgan fingerprint density at radius 3 is 1.99 bits per heavy atom. The first-order valence-electron chi connectivity index (χ1n) is 47.8. The van der Waals surface area contributed by atoms with E-state index in [1.807, 2.05) is 92.8 Å². The summed E-state index contributed by atoms with van der Waals surface area (Å²) in [5.74, 6) is -7.11. The van der Waals surface area contributed by atoms with Crippen LogP contribution in [-0.2, 0) is 119 Å². The zero-order valence-corrected chi connectivity index (χ0v) is 81.3. The number of ether oxygens (including phenoxy) is 15. The van der Waals surface area contributed by atoms with Crippen LogP contribution >= 0.6 is 0 Å². The number of nitrogen functional groups attached to an aromatic ring is 2. The number of ketones is 2. The summed E-state index contributed by atoms with van der Waals surface area (Å²) in [6.07, 6.45) is 13.2. The third kappa shape index (κ3) is 31.7. The van der Waals surface area contributed by atoms with Crippen molar-refractivity contribution in [1.82, 2.24) is 44.3 Å². The monoisotopic (exact) mass is 1890 g/mol. The SMILES string of the molecule is CO[C@H]1C[C@@H]2CC[C@@H](C)[C@@](O)(O2)C(=O)C(=O)N2CCCC[C@H]2C(=O)O[C@H]([C@H](C)C[C@@H]2CC[C@@H](OC(=O)N(C)CCOCCOCCOCCOCCC(=O)N(C)CCOCCOCCOCCOCCC(=O)N3CCc4cc(Cn5nc(-c6ccc7oc(N)nc7c6)c6c(N)ncnc65)ccc4C3)[C@H](OC)C2)C[C@@H](OC)C(C)/C=C(\C)[C@@H](O)[C@@H](OC)C(=O)[C@H](C)C[C@H](C)/C=C/C=C/C=C/1C. The fourth-order valence-electron chi connectivity index (χ4n) is 18.2. The van der Waals surface area contributed by atoms with E-state index >= 15 is 0 Å². The average Bonchev–Trinajstić information content (AvgIpc) is 0.877. The lowest BCUT2D eigenvalue weighted by Crippen LogP contribution is -2.61. The topological polar surface area (TPSA) is 433 Å². The molecule has 0 spiro atoms. The number of hydrogen-bond donors (Lipinski definition) is 4. The fourth-order valence-corrected chi connectivity index (χ4v) is 18.2. The summed E-state index contributed by atoms with van der Waals surface area (Å²) in [6.45, 7) is 20.7. The molecule has 7 heterocycles. The third-order valence-electron chi connectivity index (χ3n) is 26.4. The first-order chi connectivity index (χ1) is 65.0. The molecule has 2 aromatic carbocycles. The van der Waals surface area contributed by atoms with E-state index in [4.69, 9.17) is 92.0 Å². The van der Waals surface area contributed by atoms with Crippen LogP contribution in [0.5, 0.6) is 0 Å². The fraction of sp³-hybridized carbons (Fsp3) is 0.667. The standard InChI is InChI=1S/C99H147N11O25/c1-64-19-15-14-16-20-65(2)81(120-10)59-76-27-22-70(7)99(119,135-76)92(115)95(116)109-33-18-17-21-78(109)96(117)132-83(60-82(121-11)66(3)54-69(6)90(114)91(123-13)89(113)68(5)53-64)67(4)55-71-24-28-80(84(57-71)122-12)134-98(118)107(9)36-40-127-44-48-131-52-49-128-45-41-124-37-31-85(111)106(8)35-39-126-43-47-130-51-50-129-46-42-125-38-32-86(112)108-34-30-73-56-72(23-25-75(73)62-108)61-110-94-87(93(100)102-63-103-94)88(105-110)74-26-29-79-77(58-74)104-97(101)133-79/h14-16,19-20,23,25-26,29,54,56,58,63-64,66-68,70-71,76,78,80-84,90-91,114,119H,17-18,21-22,24,27-28,30-53,55,57,59-62H2,1-13H3,(H2,101,104)(H2,100,102,103)/b16-14+,19-15+,65-20+,69-54+/t64-,66?,67-,68-,70-,71+,76+,78+,80-,81+,82-,83+,84-,90-,91+,99-/m1/s1. The molecule has 1 unspecified atom stereocenters. The van der Waals surface area contributed by atoms with Crippen LogP contribution < -0.4 is 11.5 Å². The number of nitrogens with two attached hydrogens (primary N) is 2. The number of Topliss-reactive ketones (excluding diaryl/α,β-unsaturated/α-hetero) is 2. The number of benzene rings is 2. The molecule has 36 nitrogen and oxygen atoms in total. The molecular weight excluding hydrogens is 1740 g/mol. The highest BCUT2D eigenvalue weighted by Crippen LogP contribution is 2.40. The number of nitrogens with zero attached hydrogens (tertiary/aromatic N) is 9. The first kappa shape index (κ1) is 108. The molecule has 2 bridgehead atoms. The molecule has 1 saturated carbocycles. The second-order valence-electron chi connectivity index (χ2n) is 36.4. The van der Waals surface area contributed by atoms with Gasteiger partial charge in [-0.1, -0.05) is 89.3 Å². The Kier molecular flexibility index (Phi) is 43.9. The number of allylic oxidation sites excluding steroid dienone is 5. The van der Waals surface area contributed by atoms with Gasteiger partial charge in [-0.2, -0.15) is 10.1 Å². The van der Waals surface area contributed by atoms with E-state index in [-0.39, 0.29) is 93.4 Å². The minimum absolute atomic E-state index is 0.00489. The molecule has 0 radical (unpaired) electrons. The highest BCUT2D eigenvalue weighted by atomic mass is 16.6. The number of carbonyl (C=O) groups excluding carboxylic acids is 7. The van der Waals surface area contributed by atoms with Crippen LogP contribution in [0, 0.1) is 35.5 Å². The van der Waals surface area contributed by atoms with Crippen molar-refractivity contribution < 1.29 is 119 Å². The summed E-state index contributed by atoms with van der Waals surface area (Å²) in [5, 5.41) is 29.6. The molecular formula is C99H147N11O25. The van der Waals surface area contributed by atoms with Crippen LogP contribution in [0.3, 0.4) is 0 Å². The zero-order valence-electron chi connectivity index (χ0n) is 81.3. The van der Waals surface area contributed by atoms with E-state index < -0.39 is 102 Å². The van der Waals surface area contributed by atoms with Crippen LogP contribution in [0.2, 0.25) is 0 Å². The van der Waals surface area contributed by atoms with Gasteiger partial charge < -0.3 is 117 Å². The molecule has 5 aliphatic rings. The molecule has 4 aliphatic heterocycles. The summed E-state index contributed by atoms with van der Waals surface area (Å²) in [7, 11) is 9.51. The average molecular weight is 1890 g/mol. The molecule has 3 aromatic heterocycles. The largest absolute Gasteiger partial charge is 0.460 e. The minimum Gasteiger partial charge on any atom is -0.460 e. The van der Waals surface area contributed by atoms with Crippen molar-refractivity contribution in [2.24, 2.45) is 35.5 Å². The molecule has 2 saturated heterocycles. The van der Waals surface area contributed by atoms with E-state index in [1.165, 1.54) is 28.8 Å². The van der Waals surface area contributed by atoms with Gasteiger partial charge in [-0.15, -0.1) is 0 Å². The van der Waals surface area contributed by atoms with Crippen molar-refractivity contribution in [3.63, 3.8) is 0 Å². The van der Waals surface area contributed by atoms with Gasteiger partial charge in [0.1, 0.15) is 53.8 Å². The Morgan fingerprint density at radius 1 is 0.667 bits per heavy atom. The number of likely N-dealkylation sites (N-methyl/N-ethyl adjacent to an activating group) is 2.